The Labute approximate surface area is 117 Å². The fourth-order valence-electron chi connectivity index (χ4n) is 3.25. The molecular weight excluding hydrogens is 234 g/mol. The van der Waals surface area contributed by atoms with Gasteiger partial charge in [-0.25, -0.2) is 0 Å². The molecule has 1 heterocycles. The summed E-state index contributed by atoms with van der Waals surface area (Å²) in [5.41, 5.74) is 1.56. The van der Waals surface area contributed by atoms with Crippen LogP contribution in [0.5, 0.6) is 0 Å². The Kier molecular flexibility index (Phi) is 3.76. The fraction of sp³-hybridized carbons (Fsp3) is 0.647. The van der Waals surface area contributed by atoms with Crippen LogP contribution in [0.15, 0.2) is 24.3 Å². The maximum atomic E-state index is 11.2. The molecule has 2 heteroatoms. The van der Waals surface area contributed by atoms with Crippen molar-refractivity contribution in [2.24, 2.45) is 5.41 Å². The topological polar surface area (TPSA) is 23.5 Å². The van der Waals surface area contributed by atoms with Crippen molar-refractivity contribution < 1.29 is 5.11 Å². The molecule has 2 rings (SSSR count). The van der Waals surface area contributed by atoms with Crippen LogP contribution in [0.1, 0.15) is 51.2 Å². The van der Waals surface area contributed by atoms with Crippen molar-refractivity contribution in [3.63, 3.8) is 0 Å². The van der Waals surface area contributed by atoms with Crippen LogP contribution in [0.25, 0.3) is 0 Å². The van der Waals surface area contributed by atoms with Crippen molar-refractivity contribution in [2.75, 3.05) is 20.1 Å². The second-order valence-electron chi connectivity index (χ2n) is 7.01. The van der Waals surface area contributed by atoms with E-state index in [2.05, 4.69) is 63.9 Å². The Bertz CT molecular complexity index is 435. The van der Waals surface area contributed by atoms with E-state index in [0.29, 0.717) is 5.92 Å². The van der Waals surface area contributed by atoms with Crippen molar-refractivity contribution in [1.29, 1.82) is 0 Å². The average molecular weight is 261 g/mol. The molecule has 2 nitrogen and oxygen atoms in total. The van der Waals surface area contributed by atoms with E-state index in [1.807, 2.05) is 0 Å². The van der Waals surface area contributed by atoms with E-state index in [0.717, 1.165) is 25.1 Å². The molecule has 1 aromatic rings. The van der Waals surface area contributed by atoms with Gasteiger partial charge in [0.25, 0.3) is 0 Å². The minimum absolute atomic E-state index is 0.126. The molecule has 1 aromatic carbocycles. The number of aliphatic hydroxyl groups is 1. The molecule has 0 amide bonds. The second kappa shape index (κ2) is 4.92. The van der Waals surface area contributed by atoms with Gasteiger partial charge in [0.1, 0.15) is 0 Å². The quantitative estimate of drug-likeness (QED) is 0.882. The zero-order valence-electron chi connectivity index (χ0n) is 12.9. The third kappa shape index (κ3) is 2.56. The molecule has 1 atom stereocenters. The summed E-state index contributed by atoms with van der Waals surface area (Å²) in [4.78, 5) is 2.30. The number of likely N-dealkylation sites (tertiary alicyclic amines) is 1. The summed E-state index contributed by atoms with van der Waals surface area (Å²) in [5, 5.41) is 11.2. The van der Waals surface area contributed by atoms with Crippen LogP contribution in [0.3, 0.4) is 0 Å². The van der Waals surface area contributed by atoms with Crippen LogP contribution in [-0.4, -0.2) is 30.1 Å². The lowest BCUT2D eigenvalue weighted by molar-refractivity contribution is -0.121. The molecule has 1 unspecified atom stereocenters. The van der Waals surface area contributed by atoms with Crippen LogP contribution < -0.4 is 0 Å². The number of hydrogen-bond acceptors (Lipinski definition) is 2. The molecule has 0 bridgehead atoms. The average Bonchev–Trinajstić information content (AvgIpc) is 2.34. The summed E-state index contributed by atoms with van der Waals surface area (Å²) in [6, 6.07) is 8.55. The zero-order chi connectivity index (χ0) is 14.3. The van der Waals surface area contributed by atoms with E-state index in [1.165, 1.54) is 5.56 Å². The van der Waals surface area contributed by atoms with Crippen molar-refractivity contribution in [2.45, 2.75) is 45.6 Å². The maximum Gasteiger partial charge on any atom is 0.0971 e. The lowest BCUT2D eigenvalue weighted by atomic mass is 9.66. The number of hydrogen-bond donors (Lipinski definition) is 1. The number of nitrogens with zero attached hydrogens (tertiary/aromatic N) is 1. The molecule has 1 saturated heterocycles. The summed E-state index contributed by atoms with van der Waals surface area (Å²) >= 11 is 0. The minimum atomic E-state index is -0.713. The van der Waals surface area contributed by atoms with Gasteiger partial charge in [0, 0.05) is 18.5 Å². The van der Waals surface area contributed by atoms with Crippen molar-refractivity contribution in [1.82, 2.24) is 4.90 Å². The number of benzene rings is 1. The first kappa shape index (κ1) is 14.5. The second-order valence-corrected chi connectivity index (χ2v) is 7.01. The molecule has 0 radical (unpaired) electrons. The van der Waals surface area contributed by atoms with Gasteiger partial charge in [0.15, 0.2) is 0 Å². The molecule has 19 heavy (non-hydrogen) atoms. The van der Waals surface area contributed by atoms with Crippen LogP contribution in [-0.2, 0) is 5.60 Å². The van der Waals surface area contributed by atoms with Crippen LogP contribution in [0.2, 0.25) is 0 Å². The summed E-state index contributed by atoms with van der Waals surface area (Å²) < 4.78 is 0. The van der Waals surface area contributed by atoms with Gasteiger partial charge in [0.2, 0.25) is 0 Å². The Morgan fingerprint density at radius 2 is 1.74 bits per heavy atom. The van der Waals surface area contributed by atoms with Gasteiger partial charge in [-0.15, -0.1) is 0 Å². The molecule has 1 aliphatic heterocycles. The molecule has 0 aliphatic carbocycles. The standard InChI is InChI=1S/C17H27NO/c1-13(2)14-6-8-15(9-7-14)17(19)10-11-18(5)12-16(17,3)4/h6-9,13,19H,10-12H2,1-5H3. The predicted octanol–water partition coefficient (Wildman–Crippen LogP) is 3.36. The van der Waals surface area contributed by atoms with Crippen LogP contribution in [0.4, 0.5) is 0 Å². The summed E-state index contributed by atoms with van der Waals surface area (Å²) in [7, 11) is 2.13. The Morgan fingerprint density at radius 1 is 1.16 bits per heavy atom. The monoisotopic (exact) mass is 261 g/mol. The van der Waals surface area contributed by atoms with Gasteiger partial charge in [0.05, 0.1) is 5.60 Å². The highest BCUT2D eigenvalue weighted by Gasteiger charge is 2.47. The third-order valence-corrected chi connectivity index (χ3v) is 4.70. The molecule has 1 aliphatic rings. The highest BCUT2D eigenvalue weighted by molar-refractivity contribution is 5.31. The Hall–Kier alpha value is -0.860. The van der Waals surface area contributed by atoms with Gasteiger partial charge in [-0.05, 0) is 30.5 Å². The first-order valence-electron chi connectivity index (χ1n) is 7.28. The largest absolute Gasteiger partial charge is 0.385 e. The molecule has 1 fully saturated rings. The summed E-state index contributed by atoms with van der Waals surface area (Å²) in [5.74, 6) is 0.536. The predicted molar refractivity (Wildman–Crippen MR) is 80.3 cm³/mol. The normalized spacial score (nSPS) is 27.7. The zero-order valence-corrected chi connectivity index (χ0v) is 12.9. The van der Waals surface area contributed by atoms with Gasteiger partial charge in [-0.2, -0.15) is 0 Å². The molecule has 1 N–H and O–H groups in total. The van der Waals surface area contributed by atoms with Crippen LogP contribution >= 0.6 is 0 Å². The molecular formula is C17H27NO. The van der Waals surface area contributed by atoms with E-state index in [9.17, 15) is 5.11 Å². The number of rotatable bonds is 2. The van der Waals surface area contributed by atoms with E-state index in [4.69, 9.17) is 0 Å². The first-order chi connectivity index (χ1) is 8.76. The highest BCUT2D eigenvalue weighted by atomic mass is 16.3. The molecule has 0 saturated carbocycles. The van der Waals surface area contributed by atoms with Gasteiger partial charge in [-0.3, -0.25) is 0 Å². The number of piperidine rings is 1. The lowest BCUT2D eigenvalue weighted by Crippen LogP contribution is -2.54. The molecule has 106 valence electrons. The van der Waals surface area contributed by atoms with Gasteiger partial charge in [-0.1, -0.05) is 52.0 Å². The summed E-state index contributed by atoms with van der Waals surface area (Å²) in [6.45, 7) is 10.6. The smallest absolute Gasteiger partial charge is 0.0971 e. The van der Waals surface area contributed by atoms with E-state index in [1.54, 1.807) is 0 Å². The first-order valence-corrected chi connectivity index (χ1v) is 7.28. The SMILES string of the molecule is CC(C)c1ccc(C2(O)CCN(C)CC2(C)C)cc1. The third-order valence-electron chi connectivity index (χ3n) is 4.70. The van der Waals surface area contributed by atoms with Gasteiger partial charge >= 0.3 is 0 Å². The van der Waals surface area contributed by atoms with Crippen molar-refractivity contribution in [3.05, 3.63) is 35.4 Å². The lowest BCUT2D eigenvalue weighted by Gasteiger charge is -2.50. The Balaban J connectivity index is 2.33. The fourth-order valence-corrected chi connectivity index (χ4v) is 3.25. The van der Waals surface area contributed by atoms with E-state index in [-0.39, 0.29) is 5.41 Å². The molecule has 0 aromatic heterocycles. The minimum Gasteiger partial charge on any atom is -0.385 e. The summed E-state index contributed by atoms with van der Waals surface area (Å²) in [6.07, 6.45) is 0.803. The highest BCUT2D eigenvalue weighted by Crippen LogP contribution is 2.45. The molecule has 0 spiro atoms. The van der Waals surface area contributed by atoms with Crippen LogP contribution in [0, 0.1) is 5.41 Å². The van der Waals surface area contributed by atoms with Crippen molar-refractivity contribution >= 4 is 0 Å². The van der Waals surface area contributed by atoms with E-state index < -0.39 is 5.60 Å². The Morgan fingerprint density at radius 3 is 2.21 bits per heavy atom. The van der Waals surface area contributed by atoms with E-state index >= 15 is 0 Å². The van der Waals surface area contributed by atoms with Gasteiger partial charge < -0.3 is 10.0 Å². The van der Waals surface area contributed by atoms with Crippen molar-refractivity contribution in [3.8, 4) is 0 Å². The maximum absolute atomic E-state index is 11.2.